The van der Waals surface area contributed by atoms with Crippen molar-refractivity contribution in [2.24, 2.45) is 5.92 Å². The van der Waals surface area contributed by atoms with Crippen molar-refractivity contribution in [1.82, 2.24) is 4.57 Å². The Morgan fingerprint density at radius 3 is 2.69 bits per heavy atom. The average Bonchev–Trinajstić information content (AvgIpc) is 3.60. The average molecular weight is 510 g/mol. The molecule has 2 heterocycles. The molecular formula is C25H23ClF3NO5. The lowest BCUT2D eigenvalue weighted by atomic mass is 10.1. The van der Waals surface area contributed by atoms with Crippen molar-refractivity contribution in [2.75, 3.05) is 13.2 Å². The normalized spacial score (nSPS) is 17.9. The fourth-order valence-corrected chi connectivity index (χ4v) is 4.69. The van der Waals surface area contributed by atoms with E-state index in [1.165, 1.54) is 6.07 Å². The summed E-state index contributed by atoms with van der Waals surface area (Å²) >= 11 is 6.60. The molecular weight excluding hydrogens is 487 g/mol. The van der Waals surface area contributed by atoms with Crippen molar-refractivity contribution in [3.8, 4) is 11.5 Å². The number of nitrogens with zero attached hydrogens (tertiary/aromatic N) is 1. The number of hydrogen-bond acceptors (Lipinski definition) is 4. The van der Waals surface area contributed by atoms with Crippen molar-refractivity contribution in [3.63, 3.8) is 0 Å². The zero-order valence-corrected chi connectivity index (χ0v) is 19.4. The lowest BCUT2D eigenvalue weighted by Gasteiger charge is -2.25. The van der Waals surface area contributed by atoms with Gasteiger partial charge in [-0.25, -0.2) is 0 Å². The van der Waals surface area contributed by atoms with Gasteiger partial charge in [0.05, 0.1) is 41.4 Å². The maximum absolute atomic E-state index is 13.6. The predicted molar refractivity (Wildman–Crippen MR) is 122 cm³/mol. The first-order valence-electron chi connectivity index (χ1n) is 11.3. The molecule has 1 aliphatic carbocycles. The fraction of sp³-hybridized carbons (Fsp3) is 0.400. The van der Waals surface area contributed by atoms with E-state index < -0.39 is 23.8 Å². The van der Waals surface area contributed by atoms with E-state index >= 15 is 0 Å². The van der Waals surface area contributed by atoms with Crippen LogP contribution in [0.25, 0.3) is 10.9 Å². The third-order valence-electron chi connectivity index (χ3n) is 6.24. The summed E-state index contributed by atoms with van der Waals surface area (Å²) in [7, 11) is 0. The van der Waals surface area contributed by atoms with Crippen LogP contribution in [0.15, 0.2) is 36.4 Å². The number of carboxylic acid groups (broad SMARTS) is 1. The monoisotopic (exact) mass is 509 g/mol. The lowest BCUT2D eigenvalue weighted by molar-refractivity contribution is -0.141. The molecule has 0 saturated heterocycles. The molecule has 186 valence electrons. The topological polar surface area (TPSA) is 69.9 Å². The molecule has 1 N–H and O–H groups in total. The van der Waals surface area contributed by atoms with Gasteiger partial charge in [-0.15, -0.1) is 0 Å². The SMILES string of the molecule is O=C(O)CC1OCCn2c1c(Cl)c1cc(OCc3ccc(OCC4CC4)c(C(F)(F)F)c3)ccc12. The lowest BCUT2D eigenvalue weighted by Crippen LogP contribution is -2.23. The fourth-order valence-electron chi connectivity index (χ4n) is 4.31. The highest BCUT2D eigenvalue weighted by Gasteiger charge is 2.35. The molecule has 2 aliphatic rings. The summed E-state index contributed by atoms with van der Waals surface area (Å²) in [6.07, 6.45) is -3.44. The minimum absolute atomic E-state index is 0.0760. The molecule has 35 heavy (non-hydrogen) atoms. The summed E-state index contributed by atoms with van der Waals surface area (Å²) in [6.45, 7) is 1.11. The van der Waals surface area contributed by atoms with Crippen LogP contribution in [0.2, 0.25) is 5.02 Å². The molecule has 1 atom stereocenters. The molecule has 5 rings (SSSR count). The van der Waals surface area contributed by atoms with Crippen LogP contribution in [-0.2, 0) is 28.9 Å². The van der Waals surface area contributed by atoms with Crippen LogP contribution in [-0.4, -0.2) is 28.9 Å². The number of carbonyl (C=O) groups is 1. The zero-order chi connectivity index (χ0) is 24.7. The second kappa shape index (κ2) is 9.28. The maximum atomic E-state index is 13.6. The molecule has 6 nitrogen and oxygen atoms in total. The van der Waals surface area contributed by atoms with Crippen LogP contribution in [0, 0.1) is 5.92 Å². The van der Waals surface area contributed by atoms with Crippen LogP contribution in [0.4, 0.5) is 13.2 Å². The van der Waals surface area contributed by atoms with E-state index in [0.717, 1.165) is 24.4 Å². The van der Waals surface area contributed by atoms with E-state index in [9.17, 15) is 23.1 Å². The number of aliphatic carboxylic acids is 1. The molecule has 1 fully saturated rings. The van der Waals surface area contributed by atoms with Gasteiger partial charge >= 0.3 is 12.1 Å². The van der Waals surface area contributed by atoms with E-state index in [2.05, 4.69) is 0 Å². The molecule has 10 heteroatoms. The Balaban J connectivity index is 1.36. The minimum atomic E-state index is -4.54. The maximum Gasteiger partial charge on any atom is 0.419 e. The van der Waals surface area contributed by atoms with Gasteiger partial charge in [0, 0.05) is 11.9 Å². The Labute approximate surface area is 204 Å². The molecule has 0 spiro atoms. The van der Waals surface area contributed by atoms with Crippen molar-refractivity contribution in [3.05, 3.63) is 58.2 Å². The highest BCUT2D eigenvalue weighted by Crippen LogP contribution is 2.41. The van der Waals surface area contributed by atoms with Gasteiger partial charge in [0.15, 0.2) is 0 Å². The van der Waals surface area contributed by atoms with Gasteiger partial charge in [0.1, 0.15) is 24.2 Å². The number of benzene rings is 2. The Bertz CT molecular complexity index is 1270. The van der Waals surface area contributed by atoms with E-state index in [4.69, 9.17) is 25.8 Å². The Kier molecular flexibility index (Phi) is 6.31. The largest absolute Gasteiger partial charge is 0.493 e. The number of aromatic nitrogens is 1. The van der Waals surface area contributed by atoms with E-state index in [1.54, 1.807) is 24.3 Å². The quantitative estimate of drug-likeness (QED) is 0.390. The van der Waals surface area contributed by atoms with Crippen LogP contribution in [0.5, 0.6) is 11.5 Å². The summed E-state index contributed by atoms with van der Waals surface area (Å²) in [5, 5.41) is 10.2. The van der Waals surface area contributed by atoms with E-state index in [0.29, 0.717) is 53.1 Å². The summed E-state index contributed by atoms with van der Waals surface area (Å²) in [5.41, 5.74) is 0.951. The minimum Gasteiger partial charge on any atom is -0.493 e. The van der Waals surface area contributed by atoms with Crippen molar-refractivity contribution in [1.29, 1.82) is 0 Å². The van der Waals surface area contributed by atoms with Gasteiger partial charge < -0.3 is 23.9 Å². The third-order valence-corrected chi connectivity index (χ3v) is 6.63. The summed E-state index contributed by atoms with van der Waals surface area (Å²) in [6, 6.07) is 9.18. The van der Waals surface area contributed by atoms with Crippen molar-refractivity contribution < 1.29 is 37.3 Å². The van der Waals surface area contributed by atoms with Gasteiger partial charge in [0.25, 0.3) is 0 Å². The number of fused-ring (bicyclic) bond motifs is 3. The molecule has 0 bridgehead atoms. The van der Waals surface area contributed by atoms with Crippen molar-refractivity contribution >= 4 is 28.5 Å². The second-order valence-corrected chi connectivity index (χ2v) is 9.24. The van der Waals surface area contributed by atoms with Gasteiger partial charge in [0.2, 0.25) is 0 Å². The van der Waals surface area contributed by atoms with Crippen LogP contribution < -0.4 is 9.47 Å². The number of ether oxygens (including phenoxy) is 3. The number of rotatable bonds is 8. The molecule has 2 aromatic carbocycles. The number of carboxylic acids is 1. The standard InChI is InChI=1S/C25H23ClF3NO5/c26-23-17-10-16(4-5-19(17)30-7-8-33-21(24(23)30)11-22(31)32)34-13-15-3-6-20(35-12-14-1-2-14)18(9-15)25(27,28)29/h3-6,9-10,14,21H,1-2,7-8,11-13H2,(H,31,32). The third kappa shape index (κ3) is 5.06. The Morgan fingerprint density at radius 2 is 1.97 bits per heavy atom. The highest BCUT2D eigenvalue weighted by atomic mass is 35.5. The summed E-state index contributed by atoms with van der Waals surface area (Å²) < 4.78 is 59.5. The van der Waals surface area contributed by atoms with E-state index in [1.807, 2.05) is 4.57 Å². The molecule has 0 radical (unpaired) electrons. The Morgan fingerprint density at radius 1 is 1.17 bits per heavy atom. The molecule has 1 aromatic heterocycles. The molecule has 1 saturated carbocycles. The van der Waals surface area contributed by atoms with Crippen molar-refractivity contribution in [2.45, 2.75) is 44.7 Å². The highest BCUT2D eigenvalue weighted by molar-refractivity contribution is 6.36. The first-order chi connectivity index (χ1) is 16.7. The number of alkyl halides is 3. The first kappa shape index (κ1) is 23.8. The van der Waals surface area contributed by atoms with Gasteiger partial charge in [-0.1, -0.05) is 17.7 Å². The van der Waals surface area contributed by atoms with Gasteiger partial charge in [-0.2, -0.15) is 13.2 Å². The summed E-state index contributed by atoms with van der Waals surface area (Å²) in [4.78, 5) is 11.2. The smallest absolute Gasteiger partial charge is 0.419 e. The van der Waals surface area contributed by atoms with Crippen LogP contribution in [0.1, 0.15) is 42.2 Å². The molecule has 3 aromatic rings. The predicted octanol–water partition coefficient (Wildman–Crippen LogP) is 6.23. The number of halogens is 4. The van der Waals surface area contributed by atoms with Gasteiger partial charge in [-0.3, -0.25) is 4.79 Å². The first-order valence-corrected chi connectivity index (χ1v) is 11.7. The molecule has 0 amide bonds. The number of hydrogen-bond donors (Lipinski definition) is 1. The van der Waals surface area contributed by atoms with E-state index in [-0.39, 0.29) is 18.8 Å². The molecule has 1 unspecified atom stereocenters. The van der Waals surface area contributed by atoms with Crippen LogP contribution >= 0.6 is 11.6 Å². The summed E-state index contributed by atoms with van der Waals surface area (Å²) in [5.74, 6) is -0.387. The zero-order valence-electron chi connectivity index (χ0n) is 18.6. The Hall–Kier alpha value is -2.91. The van der Waals surface area contributed by atoms with Gasteiger partial charge in [-0.05, 0) is 54.7 Å². The van der Waals surface area contributed by atoms with Crippen LogP contribution in [0.3, 0.4) is 0 Å². The second-order valence-electron chi connectivity index (χ2n) is 8.86. The molecule has 1 aliphatic heterocycles.